The molecule has 4 aromatic heterocycles. The van der Waals surface area contributed by atoms with Crippen molar-refractivity contribution in [2.45, 2.75) is 19.9 Å². The zero-order chi connectivity index (χ0) is 30.1. The van der Waals surface area contributed by atoms with Gasteiger partial charge in [0.05, 0.1) is 17.4 Å². The van der Waals surface area contributed by atoms with E-state index in [-0.39, 0.29) is 11.9 Å². The highest BCUT2D eigenvalue weighted by Gasteiger charge is 2.20. The van der Waals surface area contributed by atoms with Crippen LogP contribution in [-0.2, 0) is 4.79 Å². The molecule has 0 spiro atoms. The maximum Gasteiger partial charge on any atom is 0.242 e. The lowest BCUT2D eigenvalue weighted by molar-refractivity contribution is -0.117. The SMILES string of the molecule is C=C1C=Cc2cc(C#Cc3nc(NC(=O)C(C)NC)ccc3-c3c(-c4ccncc4)nc4cc(C)ccn34)ccc2N1C. The standard InChI is InChI=1S/C35H31N7O/c1-22-16-19-42-32(20-22)40-33(26-14-17-37-18-15-26)34(42)28-10-13-31(39-35(43)24(3)36-4)38-29(28)11-7-25-8-12-30-27(21-25)9-6-23(2)41(30)5/h6,8-10,12-21,24,36H,2H2,1,3-5H3,(H,38,39,43). The topological polar surface area (TPSA) is 87.4 Å². The quantitative estimate of drug-likeness (QED) is 0.266. The molecule has 1 aromatic carbocycles. The number of nitrogens with zero attached hydrogens (tertiary/aromatic N) is 5. The molecule has 2 N–H and O–H groups in total. The summed E-state index contributed by atoms with van der Waals surface area (Å²) in [6, 6.07) is 17.4. The summed E-state index contributed by atoms with van der Waals surface area (Å²) in [5.74, 6) is 6.87. The Hall–Kier alpha value is -5.52. The average Bonchev–Trinajstić information content (AvgIpc) is 3.40. The van der Waals surface area contributed by atoms with Crippen molar-refractivity contribution in [2.75, 3.05) is 24.3 Å². The molecule has 1 amide bonds. The molecule has 0 bridgehead atoms. The second-order valence-corrected chi connectivity index (χ2v) is 10.5. The number of hydrogen-bond acceptors (Lipinski definition) is 6. The molecular formula is C35H31N7O. The third-order valence-electron chi connectivity index (χ3n) is 7.56. The number of carbonyl (C=O) groups excluding carboxylic acids is 1. The second kappa shape index (κ2) is 11.4. The minimum Gasteiger partial charge on any atom is -0.345 e. The Labute approximate surface area is 250 Å². The summed E-state index contributed by atoms with van der Waals surface area (Å²) >= 11 is 0. The van der Waals surface area contributed by atoms with Crippen LogP contribution in [-0.4, -0.2) is 45.4 Å². The van der Waals surface area contributed by atoms with Gasteiger partial charge in [-0.25, -0.2) is 9.97 Å². The first-order valence-electron chi connectivity index (χ1n) is 14.0. The van der Waals surface area contributed by atoms with Gasteiger partial charge in [0.15, 0.2) is 0 Å². The molecule has 1 atom stereocenters. The molecule has 0 aliphatic carbocycles. The van der Waals surface area contributed by atoms with Crippen LogP contribution in [0.25, 0.3) is 34.2 Å². The van der Waals surface area contributed by atoms with Gasteiger partial charge >= 0.3 is 0 Å². The van der Waals surface area contributed by atoms with Crippen LogP contribution < -0.4 is 15.5 Å². The smallest absolute Gasteiger partial charge is 0.242 e. The molecule has 1 unspecified atom stereocenters. The van der Waals surface area contributed by atoms with Crippen molar-refractivity contribution in [2.24, 2.45) is 0 Å². The highest BCUT2D eigenvalue weighted by molar-refractivity contribution is 5.94. The zero-order valence-electron chi connectivity index (χ0n) is 24.5. The van der Waals surface area contributed by atoms with Gasteiger partial charge in [-0.15, -0.1) is 0 Å². The fourth-order valence-corrected chi connectivity index (χ4v) is 4.95. The number of aryl methyl sites for hydroxylation is 1. The van der Waals surface area contributed by atoms with E-state index >= 15 is 0 Å². The molecule has 5 heterocycles. The normalized spacial score (nSPS) is 12.9. The summed E-state index contributed by atoms with van der Waals surface area (Å²) in [5, 5.41) is 5.87. The number of benzene rings is 1. The molecule has 1 aliphatic heterocycles. The summed E-state index contributed by atoms with van der Waals surface area (Å²) < 4.78 is 2.05. The Balaban J connectivity index is 1.52. The first-order chi connectivity index (χ1) is 20.8. The Kier molecular flexibility index (Phi) is 7.33. The highest BCUT2D eigenvalue weighted by atomic mass is 16.2. The first-order valence-corrected chi connectivity index (χ1v) is 14.0. The summed E-state index contributed by atoms with van der Waals surface area (Å²) in [5.41, 5.74) is 9.72. The molecule has 0 saturated carbocycles. The van der Waals surface area contributed by atoms with Crippen molar-refractivity contribution in [3.8, 4) is 34.4 Å². The summed E-state index contributed by atoms with van der Waals surface area (Å²) in [7, 11) is 3.74. The van der Waals surface area contributed by atoms with Crippen LogP contribution in [0.4, 0.5) is 11.5 Å². The van der Waals surface area contributed by atoms with Crippen molar-refractivity contribution in [1.82, 2.24) is 24.7 Å². The van der Waals surface area contributed by atoms with E-state index in [0.717, 1.165) is 56.2 Å². The van der Waals surface area contributed by atoms with E-state index < -0.39 is 0 Å². The maximum absolute atomic E-state index is 12.7. The van der Waals surface area contributed by atoms with E-state index in [1.165, 1.54) is 0 Å². The van der Waals surface area contributed by atoms with Gasteiger partial charge < -0.3 is 15.5 Å². The lowest BCUT2D eigenvalue weighted by Gasteiger charge is -2.25. The highest BCUT2D eigenvalue weighted by Crippen LogP contribution is 2.35. The number of hydrogen-bond donors (Lipinski definition) is 2. The van der Waals surface area contributed by atoms with Gasteiger partial charge in [-0.2, -0.15) is 0 Å². The molecule has 0 saturated heterocycles. The van der Waals surface area contributed by atoms with Crippen molar-refractivity contribution in [3.05, 3.63) is 114 Å². The second-order valence-electron chi connectivity index (χ2n) is 10.5. The summed E-state index contributed by atoms with van der Waals surface area (Å²) in [4.78, 5) is 28.8. The lowest BCUT2D eigenvalue weighted by atomic mass is 10.0. The number of allylic oxidation sites excluding steroid dienone is 1. The van der Waals surface area contributed by atoms with E-state index in [4.69, 9.17) is 9.97 Å². The predicted octanol–water partition coefficient (Wildman–Crippen LogP) is 5.69. The molecule has 8 nitrogen and oxygen atoms in total. The summed E-state index contributed by atoms with van der Waals surface area (Å²) in [6.07, 6.45) is 9.56. The number of imidazole rings is 1. The molecule has 6 rings (SSSR count). The molecular weight excluding hydrogens is 534 g/mol. The Morgan fingerprint density at radius 1 is 1.00 bits per heavy atom. The third-order valence-corrected chi connectivity index (χ3v) is 7.56. The molecule has 8 heteroatoms. The zero-order valence-corrected chi connectivity index (χ0v) is 24.5. The van der Waals surface area contributed by atoms with E-state index in [0.29, 0.717) is 11.5 Å². The number of pyridine rings is 3. The van der Waals surface area contributed by atoms with Crippen LogP contribution in [0.15, 0.2) is 91.5 Å². The number of fused-ring (bicyclic) bond motifs is 2. The molecule has 0 radical (unpaired) electrons. The fourth-order valence-electron chi connectivity index (χ4n) is 4.95. The van der Waals surface area contributed by atoms with E-state index in [9.17, 15) is 4.79 Å². The van der Waals surface area contributed by atoms with Gasteiger partial charge in [-0.1, -0.05) is 18.6 Å². The van der Waals surface area contributed by atoms with Crippen molar-refractivity contribution < 1.29 is 4.79 Å². The van der Waals surface area contributed by atoms with Gasteiger partial charge in [0, 0.05) is 53.7 Å². The van der Waals surface area contributed by atoms with Gasteiger partial charge in [0.1, 0.15) is 17.2 Å². The first kappa shape index (κ1) is 27.6. The van der Waals surface area contributed by atoms with Crippen LogP contribution in [0.3, 0.4) is 0 Å². The summed E-state index contributed by atoms with van der Waals surface area (Å²) in [6.45, 7) is 7.93. The van der Waals surface area contributed by atoms with Gasteiger partial charge in [-0.3, -0.25) is 14.2 Å². The number of rotatable bonds is 5. The van der Waals surface area contributed by atoms with Gasteiger partial charge in [0.2, 0.25) is 5.91 Å². The monoisotopic (exact) mass is 565 g/mol. The Morgan fingerprint density at radius 2 is 1.81 bits per heavy atom. The molecule has 0 fully saturated rings. The largest absolute Gasteiger partial charge is 0.345 e. The Morgan fingerprint density at radius 3 is 2.60 bits per heavy atom. The number of anilines is 2. The molecule has 212 valence electrons. The number of likely N-dealkylation sites (N-methyl/N-ethyl adjacent to an activating group) is 2. The van der Waals surface area contributed by atoms with Crippen molar-refractivity contribution in [3.63, 3.8) is 0 Å². The molecule has 1 aliphatic rings. The van der Waals surface area contributed by atoms with Crippen molar-refractivity contribution in [1.29, 1.82) is 0 Å². The average molecular weight is 566 g/mol. The number of carbonyl (C=O) groups is 1. The van der Waals surface area contributed by atoms with E-state index in [1.54, 1.807) is 32.4 Å². The molecule has 5 aromatic rings. The number of aromatic nitrogens is 4. The third kappa shape index (κ3) is 5.42. The van der Waals surface area contributed by atoms with Crippen LogP contribution >= 0.6 is 0 Å². The minimum atomic E-state index is -0.380. The Bertz CT molecular complexity index is 1980. The van der Waals surface area contributed by atoms with Crippen LogP contribution in [0.1, 0.15) is 29.3 Å². The van der Waals surface area contributed by atoms with Gasteiger partial charge in [0.25, 0.3) is 0 Å². The van der Waals surface area contributed by atoms with Crippen LogP contribution in [0, 0.1) is 18.8 Å². The van der Waals surface area contributed by atoms with Gasteiger partial charge in [-0.05, 0) is 98.6 Å². The molecule has 43 heavy (non-hydrogen) atoms. The predicted molar refractivity (Wildman–Crippen MR) is 173 cm³/mol. The van der Waals surface area contributed by atoms with Crippen molar-refractivity contribution >= 4 is 29.1 Å². The maximum atomic E-state index is 12.7. The van der Waals surface area contributed by atoms with E-state index in [2.05, 4.69) is 49.4 Å². The minimum absolute atomic E-state index is 0.184. The van der Waals surface area contributed by atoms with E-state index in [1.807, 2.05) is 74.8 Å². The number of amides is 1. The lowest BCUT2D eigenvalue weighted by Crippen LogP contribution is -2.35. The van der Waals surface area contributed by atoms with Crippen LogP contribution in [0.2, 0.25) is 0 Å². The number of nitrogens with one attached hydrogen (secondary N) is 2. The fraction of sp³-hybridized carbons (Fsp3) is 0.143. The van der Waals surface area contributed by atoms with Crippen LogP contribution in [0.5, 0.6) is 0 Å².